The third-order valence-electron chi connectivity index (χ3n) is 8.85. The fraction of sp³-hybridized carbons (Fsp3) is 0. The Labute approximate surface area is 295 Å². The summed E-state index contributed by atoms with van der Waals surface area (Å²) in [4.78, 5) is 14.4. The minimum Gasteiger partial charge on any atom is -0.455 e. The predicted octanol–water partition coefficient (Wildman–Crippen LogP) is 12.0. The Hall–Kier alpha value is -6.85. The molecule has 0 bridgehead atoms. The summed E-state index contributed by atoms with van der Waals surface area (Å²) in [7, 11) is 0. The van der Waals surface area contributed by atoms with Gasteiger partial charge in [0.15, 0.2) is 17.5 Å². The van der Waals surface area contributed by atoms with Gasteiger partial charge in [0.1, 0.15) is 22.3 Å². The topological polar surface area (TPSA) is 65.0 Å². The Kier molecular flexibility index (Phi) is 5.17. The van der Waals surface area contributed by atoms with Crippen LogP contribution in [0.2, 0.25) is 0 Å². The van der Waals surface area contributed by atoms with E-state index in [1.165, 1.54) is 0 Å². The highest BCUT2D eigenvalue weighted by molar-refractivity contribution is 6.15. The SMILES string of the molecule is [2H]c1c([2H])c([2H])c2c(oc3c([2H])c(-c4nc(-c5ccccc5)nc(-c5cccc(-c6ccccc6)c5)n4)c([2H])c([2H])c32)c1-c1cccc2c1oc1ccccc12. The fourth-order valence-electron chi connectivity index (χ4n) is 6.46. The zero-order valence-electron chi connectivity index (χ0n) is 32.3. The molecule has 0 unspecified atom stereocenters. The van der Waals surface area contributed by atoms with Crippen LogP contribution in [0.15, 0.2) is 172 Å². The van der Waals surface area contributed by atoms with Crippen LogP contribution in [0, 0.1) is 0 Å². The largest absolute Gasteiger partial charge is 0.455 e. The molecule has 0 amide bonds. The van der Waals surface area contributed by atoms with Crippen LogP contribution in [0.3, 0.4) is 0 Å². The van der Waals surface area contributed by atoms with Crippen LogP contribution in [-0.2, 0) is 0 Å². The van der Waals surface area contributed by atoms with Crippen LogP contribution < -0.4 is 0 Å². The number of benzene rings is 7. The Balaban J connectivity index is 1.24. The Morgan fingerprint density at radius 2 is 1.02 bits per heavy atom. The zero-order chi connectivity index (χ0) is 38.2. The second-order valence-electron chi connectivity index (χ2n) is 11.9. The van der Waals surface area contributed by atoms with E-state index in [9.17, 15) is 4.11 Å². The van der Waals surface area contributed by atoms with Crippen molar-refractivity contribution in [3.63, 3.8) is 0 Å². The van der Waals surface area contributed by atoms with Crippen molar-refractivity contribution in [2.75, 3.05) is 0 Å². The smallest absolute Gasteiger partial charge is 0.164 e. The number of para-hydroxylation sites is 3. The third kappa shape index (κ3) is 4.67. The van der Waals surface area contributed by atoms with Crippen molar-refractivity contribution in [2.24, 2.45) is 0 Å². The molecule has 5 heteroatoms. The average Bonchev–Trinajstić information content (AvgIpc) is 3.83. The number of nitrogens with zero attached hydrogens (tertiary/aromatic N) is 3. The van der Waals surface area contributed by atoms with Gasteiger partial charge in [-0.15, -0.1) is 0 Å². The van der Waals surface area contributed by atoms with Crippen molar-refractivity contribution in [2.45, 2.75) is 0 Å². The molecule has 3 heterocycles. The van der Waals surface area contributed by atoms with Gasteiger partial charge >= 0.3 is 0 Å². The van der Waals surface area contributed by atoms with Crippen molar-refractivity contribution < 1.29 is 17.1 Å². The Morgan fingerprint density at radius 3 is 1.86 bits per heavy atom. The lowest BCUT2D eigenvalue weighted by atomic mass is 10.00. The molecule has 5 nitrogen and oxygen atoms in total. The lowest BCUT2D eigenvalue weighted by molar-refractivity contribution is 0.665. The van der Waals surface area contributed by atoms with E-state index in [4.69, 9.17) is 27.9 Å². The zero-order valence-corrected chi connectivity index (χ0v) is 26.3. The normalized spacial score (nSPS) is 13.3. The Morgan fingerprint density at radius 1 is 0.400 bits per heavy atom. The molecule has 0 N–H and O–H groups in total. The summed E-state index contributed by atoms with van der Waals surface area (Å²) in [6, 6.07) is 38.2. The van der Waals surface area contributed by atoms with Crippen LogP contribution in [0.4, 0.5) is 0 Å². The van der Waals surface area contributed by atoms with Crippen molar-refractivity contribution in [1.29, 1.82) is 0 Å². The Bertz CT molecular complexity index is 3220. The van der Waals surface area contributed by atoms with Gasteiger partial charge in [-0.1, -0.05) is 139 Å². The summed E-state index contributed by atoms with van der Waals surface area (Å²) < 4.78 is 67.9. The van der Waals surface area contributed by atoms with E-state index in [-0.39, 0.29) is 75.1 Å². The molecule has 7 aromatic carbocycles. The molecule has 0 radical (unpaired) electrons. The lowest BCUT2D eigenvalue weighted by Gasteiger charge is -2.09. The molecular formula is C45H27N3O2. The minimum atomic E-state index is -0.378. The standard InChI is InChI=1S/C45H27N3O2/c1-3-12-28(13-4-1)30-16-9-17-31(26-30)44-46-43(29-14-5-2-6-15-29)47-45(48-44)32-24-25-34-36-20-11-22-38(42(36)50-40(34)27-32)37-21-10-19-35-33-18-7-8-23-39(33)49-41(35)37/h1-27H/i11D,20D,22D,24D,25D,27D. The molecule has 0 atom stereocenters. The van der Waals surface area contributed by atoms with E-state index in [0.717, 1.165) is 21.9 Å². The second kappa shape index (κ2) is 11.4. The van der Waals surface area contributed by atoms with Crippen LogP contribution in [0.5, 0.6) is 0 Å². The monoisotopic (exact) mass is 647 g/mol. The molecule has 234 valence electrons. The molecule has 0 aliphatic heterocycles. The minimum absolute atomic E-state index is 0.00514. The summed E-state index contributed by atoms with van der Waals surface area (Å²) >= 11 is 0. The van der Waals surface area contributed by atoms with Gasteiger partial charge in [0, 0.05) is 49.4 Å². The molecule has 3 aromatic heterocycles. The molecule has 0 saturated heterocycles. The highest BCUT2D eigenvalue weighted by atomic mass is 16.3. The molecule has 0 fully saturated rings. The van der Waals surface area contributed by atoms with Gasteiger partial charge in [-0.05, 0) is 35.3 Å². The van der Waals surface area contributed by atoms with Gasteiger partial charge in [-0.25, -0.2) is 15.0 Å². The first-order valence-corrected chi connectivity index (χ1v) is 16.1. The van der Waals surface area contributed by atoms with Crippen LogP contribution in [0.25, 0.3) is 100 Å². The molecule has 0 saturated carbocycles. The number of hydrogen-bond acceptors (Lipinski definition) is 5. The number of aromatic nitrogens is 3. The van der Waals surface area contributed by atoms with Crippen LogP contribution in [0.1, 0.15) is 8.22 Å². The van der Waals surface area contributed by atoms with Crippen molar-refractivity contribution in [1.82, 2.24) is 15.0 Å². The van der Waals surface area contributed by atoms with Crippen molar-refractivity contribution >= 4 is 43.9 Å². The van der Waals surface area contributed by atoms with E-state index in [0.29, 0.717) is 39.5 Å². The van der Waals surface area contributed by atoms with E-state index >= 15 is 0 Å². The second-order valence-corrected chi connectivity index (χ2v) is 11.9. The maximum absolute atomic E-state index is 9.53. The summed E-state index contributed by atoms with van der Waals surface area (Å²) in [6.07, 6.45) is 0. The van der Waals surface area contributed by atoms with Crippen LogP contribution in [-0.4, -0.2) is 15.0 Å². The van der Waals surface area contributed by atoms with Crippen LogP contribution >= 0.6 is 0 Å². The predicted molar refractivity (Wildman–Crippen MR) is 202 cm³/mol. The third-order valence-corrected chi connectivity index (χ3v) is 8.85. The van der Waals surface area contributed by atoms with Crippen molar-refractivity contribution in [3.05, 3.63) is 164 Å². The maximum Gasteiger partial charge on any atom is 0.164 e. The first-order valence-electron chi connectivity index (χ1n) is 19.1. The molecule has 10 rings (SSSR count). The van der Waals surface area contributed by atoms with Gasteiger partial charge in [0.05, 0.1) is 8.22 Å². The molecule has 50 heavy (non-hydrogen) atoms. The van der Waals surface area contributed by atoms with E-state index in [1.807, 2.05) is 121 Å². The molecular weight excluding hydrogens is 615 g/mol. The van der Waals surface area contributed by atoms with E-state index < -0.39 is 0 Å². The van der Waals surface area contributed by atoms with Crippen molar-refractivity contribution in [3.8, 4) is 56.4 Å². The molecule has 0 spiro atoms. The average molecular weight is 648 g/mol. The number of fused-ring (bicyclic) bond motifs is 6. The van der Waals surface area contributed by atoms with Gasteiger partial charge in [-0.3, -0.25) is 0 Å². The van der Waals surface area contributed by atoms with E-state index in [1.54, 1.807) is 6.07 Å². The summed E-state index contributed by atoms with van der Waals surface area (Å²) in [5, 5.41) is 1.78. The first-order chi connectivity index (χ1) is 27.3. The number of rotatable bonds is 5. The molecule has 0 aliphatic carbocycles. The summed E-state index contributed by atoms with van der Waals surface area (Å²) in [6.45, 7) is 0. The summed E-state index contributed by atoms with van der Waals surface area (Å²) in [5.41, 5.74) is 5.06. The first kappa shape index (κ1) is 22.7. The maximum atomic E-state index is 9.53. The lowest BCUT2D eigenvalue weighted by Crippen LogP contribution is -2.00. The van der Waals surface area contributed by atoms with Gasteiger partial charge in [0.2, 0.25) is 0 Å². The number of furan rings is 2. The number of hydrogen-bond donors (Lipinski definition) is 0. The fourth-order valence-corrected chi connectivity index (χ4v) is 6.46. The van der Waals surface area contributed by atoms with Gasteiger partial charge in [0.25, 0.3) is 0 Å². The highest BCUT2D eigenvalue weighted by Gasteiger charge is 2.19. The molecule has 10 aromatic rings. The van der Waals surface area contributed by atoms with Gasteiger partial charge < -0.3 is 8.83 Å². The van der Waals surface area contributed by atoms with E-state index in [2.05, 4.69) is 0 Å². The highest BCUT2D eigenvalue weighted by Crippen LogP contribution is 2.41. The quantitative estimate of drug-likeness (QED) is 0.186. The van der Waals surface area contributed by atoms with Gasteiger partial charge in [-0.2, -0.15) is 0 Å². The summed E-state index contributed by atoms with van der Waals surface area (Å²) in [5.74, 6) is 0.637. The molecule has 0 aliphatic rings.